The van der Waals surface area contributed by atoms with Gasteiger partial charge in [0.1, 0.15) is 11.6 Å². The molecule has 13 aromatic carbocycles. The van der Waals surface area contributed by atoms with Crippen LogP contribution in [0.25, 0.3) is 66.8 Å². The molecular weight excluding hydrogens is 1110 g/mol. The Kier molecular flexibility index (Phi) is 17.0. The molecule has 92 heavy (non-hydrogen) atoms. The third kappa shape index (κ3) is 12.6. The number of nitrogens with zero attached hydrogens (tertiary/aromatic N) is 3. The molecule has 0 unspecified atom stereocenters. The molecule has 13 aromatic rings. The van der Waals surface area contributed by atoms with Crippen LogP contribution in [0.1, 0.15) is 80.8 Å². The lowest BCUT2D eigenvalue weighted by Crippen LogP contribution is -2.31. The van der Waals surface area contributed by atoms with Crippen molar-refractivity contribution < 1.29 is 0 Å². The Balaban J connectivity index is 1.14. The van der Waals surface area contributed by atoms with Gasteiger partial charge in [0, 0.05) is 28.7 Å². The van der Waals surface area contributed by atoms with Gasteiger partial charge in [-0.25, -0.2) is 0 Å². The highest BCUT2D eigenvalue weighted by molar-refractivity contribution is 5.95. The standard InChI is InChI=1S/C89H75N3/c1-88(2,3)84-82(61-81(75-41-37-69(38-42-75)63-25-13-7-14-26-63)76-43-39-70(40-44-76)64-27-15-8-16-28-64)86(91(77-53-45-71(46-54-77)65-29-17-9-18-30-65)78-55-47-72(48-56-78)66-31-19-10-20-32-66)83(62-90)87(85(84)89(4,5)6)92(79-57-49-73(50-58-79)67-33-21-11-22-34-67)80-59-51-74(52-60-80)68-35-23-12-24-36-68/h7-60,81H,61H2,1-6H3. The van der Waals surface area contributed by atoms with Crippen molar-refractivity contribution >= 4 is 34.1 Å². The summed E-state index contributed by atoms with van der Waals surface area (Å²) in [6, 6.07) is 121. The first-order valence-corrected chi connectivity index (χ1v) is 32.0. The van der Waals surface area contributed by atoms with Crippen molar-refractivity contribution in [2.75, 3.05) is 9.80 Å². The zero-order valence-corrected chi connectivity index (χ0v) is 53.3. The lowest BCUT2D eigenvalue weighted by Gasteiger charge is -2.42. The first-order valence-electron chi connectivity index (χ1n) is 32.0. The molecule has 0 saturated carbocycles. The number of hydrogen-bond acceptors (Lipinski definition) is 3. The minimum atomic E-state index is -0.521. The molecular formula is C89H75N3. The molecule has 3 nitrogen and oxygen atoms in total. The Labute approximate surface area is 544 Å². The van der Waals surface area contributed by atoms with Crippen LogP contribution in [-0.2, 0) is 17.3 Å². The number of anilines is 6. The first kappa shape index (κ1) is 59.9. The third-order valence-electron chi connectivity index (χ3n) is 17.8. The molecule has 0 aliphatic heterocycles. The average molecular weight is 1190 g/mol. The van der Waals surface area contributed by atoms with E-state index in [1.165, 1.54) is 27.8 Å². The lowest BCUT2D eigenvalue weighted by atomic mass is 9.68. The summed E-state index contributed by atoms with van der Waals surface area (Å²) in [4.78, 5) is 4.80. The lowest BCUT2D eigenvalue weighted by molar-refractivity contribution is 0.524. The molecule has 0 atom stereocenters. The second kappa shape index (κ2) is 26.2. The van der Waals surface area contributed by atoms with Crippen LogP contribution in [0.2, 0.25) is 0 Å². The van der Waals surface area contributed by atoms with E-state index in [4.69, 9.17) is 0 Å². The summed E-state index contributed by atoms with van der Waals surface area (Å²) in [5.74, 6) is -0.162. The summed E-state index contributed by atoms with van der Waals surface area (Å²) < 4.78 is 0. The van der Waals surface area contributed by atoms with Gasteiger partial charge in [-0.1, -0.05) is 321 Å². The van der Waals surface area contributed by atoms with Crippen LogP contribution in [0, 0.1) is 11.3 Å². The van der Waals surface area contributed by atoms with Crippen LogP contribution in [0.3, 0.4) is 0 Å². The zero-order chi connectivity index (χ0) is 63.2. The minimum Gasteiger partial charge on any atom is -0.309 e. The van der Waals surface area contributed by atoms with Gasteiger partial charge in [-0.15, -0.1) is 0 Å². The van der Waals surface area contributed by atoms with Crippen LogP contribution in [0.4, 0.5) is 34.1 Å². The van der Waals surface area contributed by atoms with Crippen molar-refractivity contribution in [3.05, 3.63) is 361 Å². The summed E-state index contributed by atoms with van der Waals surface area (Å²) >= 11 is 0. The Hall–Kier alpha value is -11.1. The molecule has 3 heteroatoms. The molecule has 0 amide bonds. The molecule has 0 aliphatic rings. The third-order valence-corrected chi connectivity index (χ3v) is 17.8. The van der Waals surface area contributed by atoms with Gasteiger partial charge in [0.15, 0.2) is 0 Å². The van der Waals surface area contributed by atoms with Crippen LogP contribution in [0.15, 0.2) is 328 Å². The summed E-state index contributed by atoms with van der Waals surface area (Å²) in [6.07, 6.45) is 0.563. The van der Waals surface area contributed by atoms with E-state index in [2.05, 4.69) is 385 Å². The van der Waals surface area contributed by atoms with Crippen LogP contribution >= 0.6 is 0 Å². The fourth-order valence-corrected chi connectivity index (χ4v) is 13.4. The highest BCUT2D eigenvalue weighted by atomic mass is 15.2. The van der Waals surface area contributed by atoms with E-state index >= 15 is 0 Å². The maximum atomic E-state index is 13.0. The first-order chi connectivity index (χ1) is 44.9. The largest absolute Gasteiger partial charge is 0.309 e. The van der Waals surface area contributed by atoms with Gasteiger partial charge in [-0.05, 0) is 160 Å². The number of hydrogen-bond donors (Lipinski definition) is 0. The minimum absolute atomic E-state index is 0.162. The predicted octanol–water partition coefficient (Wildman–Crippen LogP) is 24.5. The van der Waals surface area contributed by atoms with Crippen LogP contribution < -0.4 is 9.80 Å². The van der Waals surface area contributed by atoms with Gasteiger partial charge in [0.05, 0.1) is 11.4 Å². The second-order valence-electron chi connectivity index (χ2n) is 26.0. The molecule has 0 fully saturated rings. The highest BCUT2D eigenvalue weighted by Crippen LogP contribution is 2.56. The Bertz CT molecular complexity index is 4380. The van der Waals surface area contributed by atoms with E-state index in [1.807, 2.05) is 0 Å². The summed E-state index contributed by atoms with van der Waals surface area (Å²) in [6.45, 7) is 14.1. The maximum Gasteiger partial charge on any atom is 0.104 e. The number of rotatable bonds is 16. The van der Waals surface area contributed by atoms with Gasteiger partial charge in [-0.2, -0.15) is 5.26 Å². The van der Waals surface area contributed by atoms with E-state index in [1.54, 1.807) is 0 Å². The predicted molar refractivity (Wildman–Crippen MR) is 389 cm³/mol. The van der Waals surface area contributed by atoms with E-state index in [0.717, 1.165) is 101 Å². The Morgan fingerprint density at radius 1 is 0.272 bits per heavy atom. The van der Waals surface area contributed by atoms with E-state index in [9.17, 15) is 5.26 Å². The average Bonchev–Trinajstić information content (AvgIpc) is 0.715. The van der Waals surface area contributed by atoms with Crippen molar-refractivity contribution in [1.29, 1.82) is 5.26 Å². The Morgan fingerprint density at radius 3 is 0.717 bits per heavy atom. The summed E-state index contributed by atoms with van der Waals surface area (Å²) in [7, 11) is 0. The molecule has 13 rings (SSSR count). The van der Waals surface area contributed by atoms with E-state index < -0.39 is 10.8 Å². The quantitative estimate of drug-likeness (QED) is 0.0966. The molecule has 0 aromatic heterocycles. The van der Waals surface area contributed by atoms with Crippen molar-refractivity contribution in [3.63, 3.8) is 0 Å². The molecule has 0 heterocycles. The van der Waals surface area contributed by atoms with Crippen molar-refractivity contribution in [2.45, 2.75) is 64.7 Å². The van der Waals surface area contributed by atoms with Crippen molar-refractivity contribution in [1.82, 2.24) is 0 Å². The van der Waals surface area contributed by atoms with Gasteiger partial charge in [0.2, 0.25) is 0 Å². The number of benzene rings is 13. The summed E-state index contributed by atoms with van der Waals surface area (Å²) in [5, 5.41) is 13.0. The second-order valence-corrected chi connectivity index (χ2v) is 26.0. The fraction of sp³-hybridized carbons (Fsp3) is 0.112. The molecule has 446 valence electrons. The van der Waals surface area contributed by atoms with Gasteiger partial charge >= 0.3 is 0 Å². The van der Waals surface area contributed by atoms with E-state index in [-0.39, 0.29) is 5.92 Å². The molecule has 0 N–H and O–H groups in total. The van der Waals surface area contributed by atoms with Crippen molar-refractivity contribution in [3.8, 4) is 72.8 Å². The van der Waals surface area contributed by atoms with Crippen LogP contribution in [0.5, 0.6) is 0 Å². The monoisotopic (exact) mass is 1190 g/mol. The zero-order valence-electron chi connectivity index (χ0n) is 53.3. The number of nitriles is 1. The van der Waals surface area contributed by atoms with Gasteiger partial charge in [0.25, 0.3) is 0 Å². The maximum absolute atomic E-state index is 13.0. The molecule has 0 radical (unpaired) electrons. The normalized spacial score (nSPS) is 11.5. The molecule has 0 aliphatic carbocycles. The van der Waals surface area contributed by atoms with Gasteiger partial charge in [-0.3, -0.25) is 0 Å². The molecule has 0 bridgehead atoms. The van der Waals surface area contributed by atoms with Crippen LogP contribution in [-0.4, -0.2) is 0 Å². The topological polar surface area (TPSA) is 30.3 Å². The SMILES string of the molecule is CC(C)(C)c1c(CC(c2ccc(-c3ccccc3)cc2)c2ccc(-c3ccccc3)cc2)c(N(c2ccc(-c3ccccc3)cc2)c2ccc(-c3ccccc3)cc2)c(C#N)c(N(c2ccc(-c3ccccc3)cc2)c2ccc(-c3ccccc3)cc2)c1C(C)(C)C. The Morgan fingerprint density at radius 2 is 0.489 bits per heavy atom. The smallest absolute Gasteiger partial charge is 0.104 e. The molecule has 0 saturated heterocycles. The van der Waals surface area contributed by atoms with Gasteiger partial charge < -0.3 is 9.80 Å². The highest BCUT2D eigenvalue weighted by Gasteiger charge is 2.40. The van der Waals surface area contributed by atoms with Crippen molar-refractivity contribution in [2.24, 2.45) is 0 Å². The summed E-state index contributed by atoms with van der Waals surface area (Å²) in [5.41, 5.74) is 24.5. The van der Waals surface area contributed by atoms with E-state index in [0.29, 0.717) is 12.0 Å². The fourth-order valence-electron chi connectivity index (χ4n) is 13.4. The molecule has 0 spiro atoms.